The van der Waals surface area contributed by atoms with Crippen LogP contribution in [-0.4, -0.2) is 46.0 Å². The lowest BCUT2D eigenvalue weighted by atomic mass is 10.1. The van der Waals surface area contributed by atoms with Crippen LogP contribution in [0.1, 0.15) is 19.3 Å². The number of carbonyl (C=O) groups excluding carboxylic acids is 2. The number of halogens is 1. The van der Waals surface area contributed by atoms with Crippen LogP contribution < -0.4 is 14.9 Å². The van der Waals surface area contributed by atoms with Gasteiger partial charge < -0.3 is 15.0 Å². The maximum Gasteiger partial charge on any atom is 0.240 e. The van der Waals surface area contributed by atoms with Gasteiger partial charge in [0.05, 0.1) is 16.9 Å². The van der Waals surface area contributed by atoms with E-state index in [1.165, 1.54) is 53.4 Å². The molecule has 2 aromatic rings. The second-order valence-corrected chi connectivity index (χ2v) is 9.65. The van der Waals surface area contributed by atoms with E-state index in [0.717, 1.165) is 12.8 Å². The number of hydrogen-bond acceptors (Lipinski definition) is 5. The lowest BCUT2D eigenvalue weighted by Gasteiger charge is -2.16. The Morgan fingerprint density at radius 2 is 1.84 bits per heavy atom. The van der Waals surface area contributed by atoms with Crippen molar-refractivity contribution in [2.24, 2.45) is 5.92 Å². The molecule has 170 valence electrons. The lowest BCUT2D eigenvalue weighted by molar-refractivity contribution is -0.122. The van der Waals surface area contributed by atoms with Crippen LogP contribution in [-0.2, 0) is 24.3 Å². The summed E-state index contributed by atoms with van der Waals surface area (Å²) in [5.41, 5.74) is 0.970. The normalized spacial score (nSPS) is 21.2. The van der Waals surface area contributed by atoms with Crippen LogP contribution in [0.3, 0.4) is 0 Å². The Labute approximate surface area is 185 Å². The van der Waals surface area contributed by atoms with Crippen LogP contribution in [0.5, 0.6) is 0 Å². The van der Waals surface area contributed by atoms with Gasteiger partial charge in [0, 0.05) is 37.5 Å². The Balaban J connectivity index is 1.34. The number of rotatable bonds is 7. The van der Waals surface area contributed by atoms with Gasteiger partial charge >= 0.3 is 0 Å². The average Bonchev–Trinajstić information content (AvgIpc) is 3.43. The summed E-state index contributed by atoms with van der Waals surface area (Å²) in [6.45, 7) is 1.06. The third-order valence-electron chi connectivity index (χ3n) is 5.59. The predicted octanol–water partition coefficient (Wildman–Crippen LogP) is 2.27. The molecule has 10 heteroatoms. The Kier molecular flexibility index (Phi) is 6.54. The molecule has 0 radical (unpaired) electrons. The van der Waals surface area contributed by atoms with Crippen molar-refractivity contribution in [3.8, 4) is 0 Å². The molecule has 32 heavy (non-hydrogen) atoms. The zero-order valence-corrected chi connectivity index (χ0v) is 18.1. The first-order valence-corrected chi connectivity index (χ1v) is 11.9. The largest absolute Gasteiger partial charge is 0.377 e. The number of hydrogen-bond donors (Lipinski definition) is 2. The van der Waals surface area contributed by atoms with Gasteiger partial charge in [0.15, 0.2) is 0 Å². The van der Waals surface area contributed by atoms with Gasteiger partial charge in [-0.2, -0.15) is 0 Å². The molecule has 2 fully saturated rings. The van der Waals surface area contributed by atoms with Gasteiger partial charge in [0.1, 0.15) is 5.82 Å². The number of amides is 2. The first-order chi connectivity index (χ1) is 15.3. The molecule has 0 bridgehead atoms. The Morgan fingerprint density at radius 3 is 2.50 bits per heavy atom. The van der Waals surface area contributed by atoms with Crippen LogP contribution in [0.4, 0.5) is 15.8 Å². The summed E-state index contributed by atoms with van der Waals surface area (Å²) in [6, 6.07) is 11.4. The second kappa shape index (κ2) is 9.35. The van der Waals surface area contributed by atoms with Crippen molar-refractivity contribution in [2.45, 2.75) is 30.3 Å². The molecular weight excluding hydrogens is 437 g/mol. The molecule has 2 amide bonds. The fourth-order valence-corrected chi connectivity index (χ4v) is 4.87. The lowest BCUT2D eigenvalue weighted by Crippen LogP contribution is -2.31. The van der Waals surface area contributed by atoms with E-state index in [9.17, 15) is 22.4 Å². The molecule has 2 atom stereocenters. The van der Waals surface area contributed by atoms with Crippen molar-refractivity contribution in [1.29, 1.82) is 0 Å². The molecule has 2 aromatic carbocycles. The van der Waals surface area contributed by atoms with E-state index >= 15 is 0 Å². The van der Waals surface area contributed by atoms with Crippen LogP contribution >= 0.6 is 0 Å². The minimum Gasteiger partial charge on any atom is -0.377 e. The number of ether oxygens (including phenoxy) is 1. The fraction of sp³-hybridized carbons (Fsp3) is 0.364. The van der Waals surface area contributed by atoms with Gasteiger partial charge in [-0.05, 0) is 61.4 Å². The van der Waals surface area contributed by atoms with Crippen molar-refractivity contribution in [2.75, 3.05) is 29.9 Å². The highest BCUT2D eigenvalue weighted by Crippen LogP contribution is 2.26. The van der Waals surface area contributed by atoms with Gasteiger partial charge in [-0.15, -0.1) is 0 Å². The molecule has 4 rings (SSSR count). The molecule has 0 spiro atoms. The van der Waals surface area contributed by atoms with Crippen molar-refractivity contribution in [3.63, 3.8) is 0 Å². The highest BCUT2D eigenvalue weighted by molar-refractivity contribution is 7.89. The monoisotopic (exact) mass is 461 g/mol. The van der Waals surface area contributed by atoms with E-state index in [0.29, 0.717) is 18.0 Å². The summed E-state index contributed by atoms with van der Waals surface area (Å²) in [6.07, 6.45) is 1.69. The Bertz CT molecular complexity index is 1080. The van der Waals surface area contributed by atoms with Crippen molar-refractivity contribution in [1.82, 2.24) is 4.72 Å². The van der Waals surface area contributed by atoms with Gasteiger partial charge in [-0.3, -0.25) is 9.59 Å². The van der Waals surface area contributed by atoms with E-state index < -0.39 is 21.8 Å². The molecule has 2 saturated heterocycles. The average molecular weight is 462 g/mol. The minimum atomic E-state index is -3.68. The third-order valence-corrected chi connectivity index (χ3v) is 7.03. The standard InChI is InChI=1S/C22H24FN3O5S/c23-16-3-7-18(8-4-16)26-14-15(12-21(26)27)22(28)25-17-5-9-20(10-6-17)32(29,30)24-13-19-2-1-11-31-19/h3-10,15,19,24H,1-2,11-14H2,(H,25,28)/t15-,19+/m0/s1. The number of carbonyl (C=O) groups is 2. The molecule has 0 aromatic heterocycles. The molecule has 8 nitrogen and oxygen atoms in total. The molecule has 2 aliphatic heterocycles. The second-order valence-electron chi connectivity index (χ2n) is 7.88. The summed E-state index contributed by atoms with van der Waals surface area (Å²) >= 11 is 0. The first-order valence-electron chi connectivity index (χ1n) is 10.4. The van der Waals surface area contributed by atoms with Crippen molar-refractivity contribution in [3.05, 3.63) is 54.3 Å². The van der Waals surface area contributed by atoms with Crippen LogP contribution in [0.25, 0.3) is 0 Å². The Morgan fingerprint density at radius 1 is 1.12 bits per heavy atom. The van der Waals surface area contributed by atoms with Gasteiger partial charge in [0.2, 0.25) is 21.8 Å². The number of nitrogens with zero attached hydrogens (tertiary/aromatic N) is 1. The highest BCUT2D eigenvalue weighted by atomic mass is 32.2. The maximum absolute atomic E-state index is 13.1. The van der Waals surface area contributed by atoms with Crippen molar-refractivity contribution < 1.29 is 27.1 Å². The van der Waals surface area contributed by atoms with Gasteiger partial charge in [-0.25, -0.2) is 17.5 Å². The molecule has 0 unspecified atom stereocenters. The van der Waals surface area contributed by atoms with E-state index in [-0.39, 0.29) is 42.3 Å². The van der Waals surface area contributed by atoms with Crippen LogP contribution in [0.15, 0.2) is 53.4 Å². The maximum atomic E-state index is 13.1. The topological polar surface area (TPSA) is 105 Å². The molecule has 0 aliphatic carbocycles. The van der Waals surface area contributed by atoms with Crippen molar-refractivity contribution >= 4 is 33.2 Å². The summed E-state index contributed by atoms with van der Waals surface area (Å²) in [5, 5.41) is 2.73. The first kappa shape index (κ1) is 22.4. The fourth-order valence-electron chi connectivity index (χ4n) is 3.81. The van der Waals surface area contributed by atoms with Gasteiger partial charge in [-0.1, -0.05) is 0 Å². The van der Waals surface area contributed by atoms with Crippen LogP contribution in [0, 0.1) is 11.7 Å². The summed E-state index contributed by atoms with van der Waals surface area (Å²) in [5.74, 6) is -1.52. The smallest absolute Gasteiger partial charge is 0.240 e. The molecule has 2 heterocycles. The molecular formula is C22H24FN3O5S. The molecule has 2 N–H and O–H groups in total. The highest BCUT2D eigenvalue weighted by Gasteiger charge is 2.35. The quantitative estimate of drug-likeness (QED) is 0.658. The molecule has 0 saturated carbocycles. The SMILES string of the molecule is O=C(Nc1ccc(S(=O)(=O)NC[C@H]2CCCO2)cc1)[C@H]1CC(=O)N(c2ccc(F)cc2)C1. The number of benzene rings is 2. The van der Waals surface area contributed by atoms with E-state index in [1.807, 2.05) is 0 Å². The van der Waals surface area contributed by atoms with Crippen LogP contribution in [0.2, 0.25) is 0 Å². The number of anilines is 2. The number of sulfonamides is 1. The summed E-state index contributed by atoms with van der Waals surface area (Å²) < 4.78 is 46.0. The van der Waals surface area contributed by atoms with E-state index in [4.69, 9.17) is 4.74 Å². The third kappa shape index (κ3) is 5.14. The van der Waals surface area contributed by atoms with Gasteiger partial charge in [0.25, 0.3) is 0 Å². The summed E-state index contributed by atoms with van der Waals surface area (Å²) in [4.78, 5) is 26.5. The predicted molar refractivity (Wildman–Crippen MR) is 116 cm³/mol. The zero-order chi connectivity index (χ0) is 22.7. The Hall–Kier alpha value is -2.82. The van der Waals surface area contributed by atoms with E-state index in [1.54, 1.807) is 0 Å². The number of nitrogens with one attached hydrogen (secondary N) is 2. The minimum absolute atomic E-state index is 0.0445. The molecule has 2 aliphatic rings. The zero-order valence-electron chi connectivity index (χ0n) is 17.3. The van der Waals surface area contributed by atoms with E-state index in [2.05, 4.69) is 10.0 Å². The summed E-state index contributed by atoms with van der Waals surface area (Å²) in [7, 11) is -3.68.